The molecule has 1 aliphatic heterocycles. The summed E-state index contributed by atoms with van der Waals surface area (Å²) in [5, 5.41) is 12.8. The van der Waals surface area contributed by atoms with Crippen LogP contribution in [-0.4, -0.2) is 24.4 Å². The first-order valence-electron chi connectivity index (χ1n) is 7.24. The predicted octanol–water partition coefficient (Wildman–Crippen LogP) is 2.68. The Bertz CT molecular complexity index is 417. The van der Waals surface area contributed by atoms with Gasteiger partial charge in [0.25, 0.3) is 0 Å². The molecule has 2 N–H and O–H groups in total. The molecule has 0 radical (unpaired) electrons. The molecule has 0 spiro atoms. The summed E-state index contributed by atoms with van der Waals surface area (Å²) >= 11 is 0. The second-order valence-corrected chi connectivity index (χ2v) is 5.72. The third-order valence-electron chi connectivity index (χ3n) is 3.92. The molecule has 1 heterocycles. The number of aliphatic hydroxyl groups is 1. The summed E-state index contributed by atoms with van der Waals surface area (Å²) in [6.45, 7) is 7.61. The van der Waals surface area contributed by atoms with Crippen LogP contribution in [-0.2, 0) is 6.42 Å². The highest BCUT2D eigenvalue weighted by Gasteiger charge is 2.18. The van der Waals surface area contributed by atoms with Crippen molar-refractivity contribution >= 4 is 0 Å². The first kappa shape index (κ1) is 14.4. The van der Waals surface area contributed by atoms with E-state index in [0.29, 0.717) is 18.0 Å². The quantitative estimate of drug-likeness (QED) is 0.829. The molecule has 1 aromatic rings. The Morgan fingerprint density at radius 1 is 1.32 bits per heavy atom. The molecule has 2 unspecified atom stereocenters. The van der Waals surface area contributed by atoms with Crippen molar-refractivity contribution < 1.29 is 9.84 Å². The lowest BCUT2D eigenvalue weighted by Crippen LogP contribution is -2.36. The number of rotatable bonds is 6. The monoisotopic (exact) mass is 263 g/mol. The Hall–Kier alpha value is -1.06. The van der Waals surface area contributed by atoms with Crippen LogP contribution in [0, 0.1) is 5.92 Å². The van der Waals surface area contributed by atoms with Gasteiger partial charge in [-0.05, 0) is 36.5 Å². The lowest BCUT2D eigenvalue weighted by Gasteiger charge is -2.26. The van der Waals surface area contributed by atoms with Crippen molar-refractivity contribution in [1.29, 1.82) is 0 Å². The van der Waals surface area contributed by atoms with Gasteiger partial charge < -0.3 is 15.2 Å². The number of hydrogen-bond acceptors (Lipinski definition) is 3. The van der Waals surface area contributed by atoms with Crippen LogP contribution in [0.3, 0.4) is 0 Å². The average Bonchev–Trinajstić information content (AvgIpc) is 2.85. The van der Waals surface area contributed by atoms with Gasteiger partial charge >= 0.3 is 0 Å². The van der Waals surface area contributed by atoms with Crippen molar-refractivity contribution in [2.45, 2.75) is 45.7 Å². The molecule has 2 rings (SSSR count). The first-order valence-corrected chi connectivity index (χ1v) is 7.24. The lowest BCUT2D eigenvalue weighted by molar-refractivity contribution is 0.237. The van der Waals surface area contributed by atoms with E-state index in [1.165, 1.54) is 11.1 Å². The van der Waals surface area contributed by atoms with E-state index in [-0.39, 0.29) is 6.61 Å². The van der Waals surface area contributed by atoms with Crippen molar-refractivity contribution in [2.24, 2.45) is 5.92 Å². The zero-order chi connectivity index (χ0) is 13.8. The molecule has 19 heavy (non-hydrogen) atoms. The molecule has 3 nitrogen and oxygen atoms in total. The van der Waals surface area contributed by atoms with E-state index >= 15 is 0 Å². The average molecular weight is 263 g/mol. The molecule has 0 aromatic heterocycles. The van der Waals surface area contributed by atoms with E-state index in [1.54, 1.807) is 0 Å². The van der Waals surface area contributed by atoms with Crippen molar-refractivity contribution in [1.82, 2.24) is 5.32 Å². The maximum Gasteiger partial charge on any atom is 0.122 e. The zero-order valence-electron chi connectivity index (χ0n) is 12.1. The fourth-order valence-electron chi connectivity index (χ4n) is 2.64. The highest BCUT2D eigenvalue weighted by molar-refractivity contribution is 5.40. The van der Waals surface area contributed by atoms with Gasteiger partial charge in [0, 0.05) is 25.1 Å². The maximum absolute atomic E-state index is 9.14. The molecule has 1 aromatic carbocycles. The van der Waals surface area contributed by atoms with Gasteiger partial charge in [0.15, 0.2) is 0 Å². The molecule has 106 valence electrons. The number of benzene rings is 1. The van der Waals surface area contributed by atoms with Crippen LogP contribution in [0.2, 0.25) is 0 Å². The number of aliphatic hydroxyl groups excluding tert-OH is 1. The summed E-state index contributed by atoms with van der Waals surface area (Å²) in [5.74, 6) is 1.55. The van der Waals surface area contributed by atoms with Gasteiger partial charge in [0.05, 0.1) is 6.61 Å². The Morgan fingerprint density at radius 2 is 2.11 bits per heavy atom. The summed E-state index contributed by atoms with van der Waals surface area (Å²) in [6.07, 6.45) is 1.82. The van der Waals surface area contributed by atoms with E-state index in [2.05, 4.69) is 44.3 Å². The van der Waals surface area contributed by atoms with Crippen LogP contribution < -0.4 is 10.1 Å². The SMILES string of the molecule is CC(NC(CCO)C(C)C)c1ccc2c(c1)CCO2. The third-order valence-corrected chi connectivity index (χ3v) is 3.92. The summed E-state index contributed by atoms with van der Waals surface area (Å²) in [4.78, 5) is 0. The number of ether oxygens (including phenoxy) is 1. The molecule has 0 bridgehead atoms. The smallest absolute Gasteiger partial charge is 0.122 e. The summed E-state index contributed by atoms with van der Waals surface area (Å²) < 4.78 is 5.54. The van der Waals surface area contributed by atoms with E-state index in [9.17, 15) is 0 Å². The molecule has 2 atom stereocenters. The van der Waals surface area contributed by atoms with Gasteiger partial charge in [-0.3, -0.25) is 0 Å². The Morgan fingerprint density at radius 3 is 2.79 bits per heavy atom. The minimum absolute atomic E-state index is 0.237. The highest BCUT2D eigenvalue weighted by atomic mass is 16.5. The van der Waals surface area contributed by atoms with E-state index < -0.39 is 0 Å². The van der Waals surface area contributed by atoms with Crippen LogP contribution in [0.4, 0.5) is 0 Å². The Balaban J connectivity index is 2.04. The molecule has 3 heteroatoms. The van der Waals surface area contributed by atoms with Crippen molar-refractivity contribution in [2.75, 3.05) is 13.2 Å². The van der Waals surface area contributed by atoms with Crippen molar-refractivity contribution in [3.05, 3.63) is 29.3 Å². The van der Waals surface area contributed by atoms with E-state index in [4.69, 9.17) is 9.84 Å². The van der Waals surface area contributed by atoms with Crippen LogP contribution in [0.15, 0.2) is 18.2 Å². The number of hydrogen-bond donors (Lipinski definition) is 2. The van der Waals surface area contributed by atoms with Crippen LogP contribution in [0.25, 0.3) is 0 Å². The fraction of sp³-hybridized carbons (Fsp3) is 0.625. The normalized spacial score (nSPS) is 17.1. The van der Waals surface area contributed by atoms with Crippen LogP contribution >= 0.6 is 0 Å². The minimum atomic E-state index is 0.237. The molecule has 0 aliphatic carbocycles. The first-order chi connectivity index (χ1) is 9.11. The largest absolute Gasteiger partial charge is 0.493 e. The van der Waals surface area contributed by atoms with E-state index in [0.717, 1.165) is 25.2 Å². The predicted molar refractivity (Wildman–Crippen MR) is 77.5 cm³/mol. The fourth-order valence-corrected chi connectivity index (χ4v) is 2.64. The standard InChI is InChI=1S/C16H25NO2/c1-11(2)15(6-8-18)17-12(3)13-4-5-16-14(10-13)7-9-19-16/h4-5,10-12,15,17-18H,6-9H2,1-3H3. The van der Waals surface area contributed by atoms with Gasteiger partial charge in [-0.15, -0.1) is 0 Å². The van der Waals surface area contributed by atoms with Gasteiger partial charge in [0.1, 0.15) is 5.75 Å². The van der Waals surface area contributed by atoms with Gasteiger partial charge in [-0.1, -0.05) is 26.0 Å². The molecule has 1 aliphatic rings. The van der Waals surface area contributed by atoms with Gasteiger partial charge in [0.2, 0.25) is 0 Å². The third kappa shape index (κ3) is 3.48. The van der Waals surface area contributed by atoms with E-state index in [1.807, 2.05) is 0 Å². The van der Waals surface area contributed by atoms with Gasteiger partial charge in [-0.2, -0.15) is 0 Å². The number of fused-ring (bicyclic) bond motifs is 1. The number of nitrogens with one attached hydrogen (secondary N) is 1. The molecule has 0 saturated heterocycles. The second kappa shape index (κ2) is 6.40. The zero-order valence-corrected chi connectivity index (χ0v) is 12.1. The minimum Gasteiger partial charge on any atom is -0.493 e. The second-order valence-electron chi connectivity index (χ2n) is 5.72. The molecular weight excluding hydrogens is 238 g/mol. The topological polar surface area (TPSA) is 41.5 Å². The van der Waals surface area contributed by atoms with Crippen molar-refractivity contribution in [3.8, 4) is 5.75 Å². The summed E-state index contributed by atoms with van der Waals surface area (Å²) in [6, 6.07) is 7.11. The molecule has 0 saturated carbocycles. The van der Waals surface area contributed by atoms with Gasteiger partial charge in [-0.25, -0.2) is 0 Å². The maximum atomic E-state index is 9.14. The van der Waals surface area contributed by atoms with Crippen LogP contribution in [0.5, 0.6) is 5.75 Å². The van der Waals surface area contributed by atoms with Crippen LogP contribution in [0.1, 0.15) is 44.4 Å². The summed E-state index contributed by atoms with van der Waals surface area (Å²) in [7, 11) is 0. The molecular formula is C16H25NO2. The Kier molecular flexibility index (Phi) is 4.83. The Labute approximate surface area is 116 Å². The van der Waals surface area contributed by atoms with Crippen molar-refractivity contribution in [3.63, 3.8) is 0 Å². The molecule has 0 fully saturated rings. The highest BCUT2D eigenvalue weighted by Crippen LogP contribution is 2.28. The lowest BCUT2D eigenvalue weighted by atomic mass is 9.97. The summed E-state index contributed by atoms with van der Waals surface area (Å²) in [5.41, 5.74) is 2.61. The molecule has 0 amide bonds.